The van der Waals surface area contributed by atoms with Gasteiger partial charge in [-0.15, -0.1) is 0 Å². The van der Waals surface area contributed by atoms with Crippen LogP contribution in [-0.2, 0) is 4.79 Å². The van der Waals surface area contributed by atoms with Gasteiger partial charge in [0, 0.05) is 18.5 Å². The van der Waals surface area contributed by atoms with E-state index in [2.05, 4.69) is 29.0 Å². The maximum absolute atomic E-state index is 12.6. The average molecular weight is 333 g/mol. The first-order valence-electron chi connectivity index (χ1n) is 9.44. The molecule has 2 aliphatic rings. The quantitative estimate of drug-likeness (QED) is 0.869. The van der Waals surface area contributed by atoms with E-state index in [1.54, 1.807) is 6.26 Å². The van der Waals surface area contributed by atoms with Crippen molar-refractivity contribution in [2.24, 2.45) is 5.92 Å². The van der Waals surface area contributed by atoms with Crippen molar-refractivity contribution in [3.8, 4) is 0 Å². The summed E-state index contributed by atoms with van der Waals surface area (Å²) in [6, 6.07) is 4.70. The highest BCUT2D eigenvalue weighted by molar-refractivity contribution is 5.78. The van der Waals surface area contributed by atoms with Crippen LogP contribution in [0.5, 0.6) is 0 Å². The molecular formula is C19H31N3O2. The third-order valence-electron chi connectivity index (χ3n) is 5.55. The van der Waals surface area contributed by atoms with Crippen LogP contribution in [0.3, 0.4) is 0 Å². The van der Waals surface area contributed by atoms with Gasteiger partial charge in [-0.25, -0.2) is 0 Å². The summed E-state index contributed by atoms with van der Waals surface area (Å²) < 4.78 is 5.63. The molecule has 1 aromatic rings. The second-order valence-electron chi connectivity index (χ2n) is 7.42. The van der Waals surface area contributed by atoms with Crippen LogP contribution in [0.25, 0.3) is 0 Å². The first-order chi connectivity index (χ1) is 11.6. The summed E-state index contributed by atoms with van der Waals surface area (Å²) >= 11 is 0. The Morgan fingerprint density at radius 1 is 1.21 bits per heavy atom. The molecule has 2 saturated heterocycles. The largest absolute Gasteiger partial charge is 0.468 e. The van der Waals surface area contributed by atoms with Crippen LogP contribution >= 0.6 is 0 Å². The van der Waals surface area contributed by atoms with E-state index in [0.717, 1.165) is 44.8 Å². The van der Waals surface area contributed by atoms with Crippen molar-refractivity contribution in [3.63, 3.8) is 0 Å². The molecule has 0 aliphatic carbocycles. The Morgan fingerprint density at radius 3 is 2.50 bits per heavy atom. The minimum atomic E-state index is 0.163. The fraction of sp³-hybridized carbons (Fsp3) is 0.737. The predicted octanol–water partition coefficient (Wildman–Crippen LogP) is 2.65. The fourth-order valence-corrected chi connectivity index (χ4v) is 3.96. The third-order valence-corrected chi connectivity index (χ3v) is 5.55. The molecule has 5 nitrogen and oxygen atoms in total. The molecule has 3 heterocycles. The van der Waals surface area contributed by atoms with Crippen LogP contribution in [0.1, 0.15) is 51.3 Å². The number of amides is 1. The van der Waals surface area contributed by atoms with Crippen molar-refractivity contribution >= 4 is 5.91 Å². The SMILES string of the molecule is CC(C)N1CCC(C(=O)NCC(c2ccco2)N2CCCC2)CC1. The highest BCUT2D eigenvalue weighted by Gasteiger charge is 2.29. The maximum Gasteiger partial charge on any atom is 0.223 e. The van der Waals surface area contributed by atoms with Crippen LogP contribution in [-0.4, -0.2) is 54.5 Å². The number of furan rings is 1. The molecule has 1 amide bonds. The second-order valence-corrected chi connectivity index (χ2v) is 7.42. The zero-order valence-corrected chi connectivity index (χ0v) is 15.0. The smallest absolute Gasteiger partial charge is 0.223 e. The van der Waals surface area contributed by atoms with E-state index in [0.29, 0.717) is 12.6 Å². The maximum atomic E-state index is 12.6. The topological polar surface area (TPSA) is 48.7 Å². The van der Waals surface area contributed by atoms with Gasteiger partial charge in [-0.3, -0.25) is 9.69 Å². The molecule has 0 aromatic carbocycles. The van der Waals surface area contributed by atoms with Crippen molar-refractivity contribution in [1.29, 1.82) is 0 Å². The lowest BCUT2D eigenvalue weighted by atomic mass is 9.95. The van der Waals surface area contributed by atoms with Gasteiger partial charge in [-0.1, -0.05) is 0 Å². The van der Waals surface area contributed by atoms with Gasteiger partial charge in [0.05, 0.1) is 12.3 Å². The van der Waals surface area contributed by atoms with E-state index in [1.807, 2.05) is 12.1 Å². The second kappa shape index (κ2) is 8.17. The highest BCUT2D eigenvalue weighted by Crippen LogP contribution is 2.25. The van der Waals surface area contributed by atoms with E-state index in [-0.39, 0.29) is 17.9 Å². The van der Waals surface area contributed by atoms with Gasteiger partial charge in [0.25, 0.3) is 0 Å². The number of likely N-dealkylation sites (tertiary alicyclic amines) is 2. The number of piperidine rings is 1. The van der Waals surface area contributed by atoms with E-state index >= 15 is 0 Å². The number of hydrogen-bond acceptors (Lipinski definition) is 4. The molecule has 0 radical (unpaired) electrons. The van der Waals surface area contributed by atoms with Crippen molar-refractivity contribution < 1.29 is 9.21 Å². The molecule has 0 spiro atoms. The van der Waals surface area contributed by atoms with Crippen molar-refractivity contribution in [2.45, 2.75) is 51.6 Å². The molecule has 5 heteroatoms. The number of carbonyl (C=O) groups is 1. The molecule has 1 N–H and O–H groups in total. The van der Waals surface area contributed by atoms with E-state index in [1.165, 1.54) is 12.8 Å². The summed E-state index contributed by atoms with van der Waals surface area (Å²) in [5.41, 5.74) is 0. The lowest BCUT2D eigenvalue weighted by Crippen LogP contribution is -2.44. The molecule has 2 aliphatic heterocycles. The predicted molar refractivity (Wildman–Crippen MR) is 94.7 cm³/mol. The van der Waals surface area contributed by atoms with Crippen LogP contribution in [0, 0.1) is 5.92 Å². The van der Waals surface area contributed by atoms with Crippen LogP contribution in [0.15, 0.2) is 22.8 Å². The Kier molecular flexibility index (Phi) is 5.95. The monoisotopic (exact) mass is 333 g/mol. The number of hydrogen-bond donors (Lipinski definition) is 1. The first kappa shape index (κ1) is 17.5. The average Bonchev–Trinajstić information content (AvgIpc) is 3.29. The minimum Gasteiger partial charge on any atom is -0.468 e. The lowest BCUT2D eigenvalue weighted by molar-refractivity contribution is -0.126. The van der Waals surface area contributed by atoms with Crippen LogP contribution in [0.4, 0.5) is 0 Å². The summed E-state index contributed by atoms with van der Waals surface area (Å²) in [4.78, 5) is 17.5. The number of carbonyl (C=O) groups excluding carboxylic acids is 1. The Bertz CT molecular complexity index is 501. The lowest BCUT2D eigenvalue weighted by Gasteiger charge is -2.34. The molecule has 2 fully saturated rings. The first-order valence-corrected chi connectivity index (χ1v) is 9.44. The standard InChI is InChI=1S/C19H31N3O2/c1-15(2)21-11-7-16(8-12-21)19(23)20-14-17(18-6-5-13-24-18)22-9-3-4-10-22/h5-6,13,15-17H,3-4,7-12,14H2,1-2H3,(H,20,23). The highest BCUT2D eigenvalue weighted by atomic mass is 16.3. The molecule has 24 heavy (non-hydrogen) atoms. The number of rotatable bonds is 6. The summed E-state index contributed by atoms with van der Waals surface area (Å²) in [7, 11) is 0. The van der Waals surface area contributed by atoms with Gasteiger partial charge in [0.2, 0.25) is 5.91 Å². The third kappa shape index (κ3) is 4.19. The minimum absolute atomic E-state index is 0.163. The zero-order chi connectivity index (χ0) is 16.9. The van der Waals surface area contributed by atoms with Gasteiger partial charge < -0.3 is 14.6 Å². The van der Waals surface area contributed by atoms with Crippen molar-refractivity contribution in [2.75, 3.05) is 32.7 Å². The summed E-state index contributed by atoms with van der Waals surface area (Å²) in [6.45, 7) is 9.35. The summed E-state index contributed by atoms with van der Waals surface area (Å²) in [5.74, 6) is 1.34. The number of nitrogens with one attached hydrogen (secondary N) is 1. The molecule has 1 aromatic heterocycles. The van der Waals surface area contributed by atoms with Gasteiger partial charge in [0.15, 0.2) is 0 Å². The fourth-order valence-electron chi connectivity index (χ4n) is 3.96. The Labute approximate surface area is 145 Å². The summed E-state index contributed by atoms with van der Waals surface area (Å²) in [6.07, 6.45) is 6.14. The molecule has 0 bridgehead atoms. The molecule has 0 saturated carbocycles. The Morgan fingerprint density at radius 2 is 1.92 bits per heavy atom. The normalized spacial score (nSPS) is 22.1. The molecule has 1 atom stereocenters. The van der Waals surface area contributed by atoms with Gasteiger partial charge in [-0.05, 0) is 77.8 Å². The molecular weight excluding hydrogens is 302 g/mol. The summed E-state index contributed by atoms with van der Waals surface area (Å²) in [5, 5.41) is 3.20. The van der Waals surface area contributed by atoms with Crippen LogP contribution in [0.2, 0.25) is 0 Å². The Balaban J connectivity index is 1.52. The Hall–Kier alpha value is -1.33. The van der Waals surface area contributed by atoms with Crippen molar-refractivity contribution in [1.82, 2.24) is 15.1 Å². The zero-order valence-electron chi connectivity index (χ0n) is 15.0. The van der Waals surface area contributed by atoms with Gasteiger partial charge >= 0.3 is 0 Å². The molecule has 1 unspecified atom stereocenters. The van der Waals surface area contributed by atoms with E-state index < -0.39 is 0 Å². The van der Waals surface area contributed by atoms with E-state index in [4.69, 9.17) is 4.42 Å². The van der Waals surface area contributed by atoms with E-state index in [9.17, 15) is 4.79 Å². The van der Waals surface area contributed by atoms with Crippen LogP contribution < -0.4 is 5.32 Å². The van der Waals surface area contributed by atoms with Gasteiger partial charge in [-0.2, -0.15) is 0 Å². The molecule has 134 valence electrons. The molecule has 3 rings (SSSR count). The van der Waals surface area contributed by atoms with Gasteiger partial charge in [0.1, 0.15) is 5.76 Å². The van der Waals surface area contributed by atoms with Crippen molar-refractivity contribution in [3.05, 3.63) is 24.2 Å². The number of nitrogens with zero attached hydrogens (tertiary/aromatic N) is 2.